The van der Waals surface area contributed by atoms with Crippen molar-refractivity contribution >= 4 is 27.4 Å². The Labute approximate surface area is 133 Å². The fourth-order valence-electron chi connectivity index (χ4n) is 3.13. The zero-order valence-electron chi connectivity index (χ0n) is 12.7. The Morgan fingerprint density at radius 3 is 2.48 bits per heavy atom. The number of nitrogens with one attached hydrogen (secondary N) is 1. The van der Waals surface area contributed by atoms with Crippen molar-refractivity contribution in [1.29, 1.82) is 0 Å². The summed E-state index contributed by atoms with van der Waals surface area (Å²) in [6.45, 7) is 1.82. The Bertz CT molecular complexity index is 1040. The van der Waals surface area contributed by atoms with Gasteiger partial charge in [0.15, 0.2) is 0 Å². The second-order valence-electron chi connectivity index (χ2n) is 5.67. The largest absolute Gasteiger partial charge is 0.411 e. The number of hydrogen-bond acceptors (Lipinski definition) is 2. The molecule has 1 heterocycles. The molecule has 0 amide bonds. The normalized spacial score (nSPS) is 12.1. The van der Waals surface area contributed by atoms with Gasteiger partial charge in [-0.2, -0.15) is 0 Å². The predicted octanol–water partition coefficient (Wildman–Crippen LogP) is 5.19. The Balaban J connectivity index is 2.03. The molecule has 0 saturated heterocycles. The number of aromatic nitrogens is 1. The molecule has 0 fully saturated rings. The number of hydrogen-bond donors (Lipinski definition) is 2. The Kier molecular flexibility index (Phi) is 3.12. The van der Waals surface area contributed by atoms with Crippen LogP contribution < -0.4 is 0 Å². The van der Waals surface area contributed by atoms with Crippen molar-refractivity contribution in [3.63, 3.8) is 0 Å². The summed E-state index contributed by atoms with van der Waals surface area (Å²) < 4.78 is 0. The fourth-order valence-corrected chi connectivity index (χ4v) is 3.13. The van der Waals surface area contributed by atoms with E-state index in [9.17, 15) is 5.21 Å². The first-order chi connectivity index (χ1) is 11.3. The third kappa shape index (κ3) is 2.18. The van der Waals surface area contributed by atoms with Crippen molar-refractivity contribution in [3.8, 4) is 11.3 Å². The average Bonchev–Trinajstić information content (AvgIpc) is 3.00. The minimum absolute atomic E-state index is 0.602. The van der Waals surface area contributed by atoms with Crippen molar-refractivity contribution in [2.75, 3.05) is 0 Å². The maximum absolute atomic E-state index is 9.28. The standard InChI is InChI=1S/C20H16N2O/c1-13(22-23)19-17-8-4-5-9-18(17)21-20(19)16-11-10-14-6-2-3-7-15(14)12-16/h2-12,21,23H,1H3. The monoisotopic (exact) mass is 300 g/mol. The highest BCUT2D eigenvalue weighted by atomic mass is 16.4. The number of para-hydroxylation sites is 1. The number of H-pyrrole nitrogens is 1. The number of nitrogens with zero attached hydrogens (tertiary/aromatic N) is 1. The number of benzene rings is 3. The van der Waals surface area contributed by atoms with Crippen LogP contribution in [0.5, 0.6) is 0 Å². The molecule has 0 unspecified atom stereocenters. The highest BCUT2D eigenvalue weighted by Crippen LogP contribution is 2.32. The highest BCUT2D eigenvalue weighted by molar-refractivity contribution is 6.14. The molecular formula is C20H16N2O. The Hall–Kier alpha value is -3.07. The zero-order valence-corrected chi connectivity index (χ0v) is 12.7. The van der Waals surface area contributed by atoms with Gasteiger partial charge >= 0.3 is 0 Å². The number of oxime groups is 1. The molecular weight excluding hydrogens is 284 g/mol. The molecule has 112 valence electrons. The number of rotatable bonds is 2. The van der Waals surface area contributed by atoms with Gasteiger partial charge in [0.1, 0.15) is 0 Å². The van der Waals surface area contributed by atoms with Crippen molar-refractivity contribution < 1.29 is 5.21 Å². The second-order valence-corrected chi connectivity index (χ2v) is 5.67. The summed E-state index contributed by atoms with van der Waals surface area (Å²) in [5.41, 5.74) is 4.64. The molecule has 2 N–H and O–H groups in total. The number of fused-ring (bicyclic) bond motifs is 2. The van der Waals surface area contributed by atoms with Crippen LogP contribution in [0, 0.1) is 0 Å². The van der Waals surface area contributed by atoms with Gasteiger partial charge in [-0.3, -0.25) is 0 Å². The first-order valence-corrected chi connectivity index (χ1v) is 7.57. The summed E-state index contributed by atoms with van der Waals surface area (Å²) in [7, 11) is 0. The molecule has 0 radical (unpaired) electrons. The van der Waals surface area contributed by atoms with Crippen LogP contribution in [0.25, 0.3) is 32.9 Å². The minimum atomic E-state index is 0.602. The van der Waals surface area contributed by atoms with Crippen LogP contribution in [0.15, 0.2) is 71.9 Å². The van der Waals surface area contributed by atoms with Crippen LogP contribution in [0.4, 0.5) is 0 Å². The quantitative estimate of drug-likeness (QED) is 0.299. The summed E-state index contributed by atoms with van der Waals surface area (Å²) in [6.07, 6.45) is 0. The maximum Gasteiger partial charge on any atom is 0.0864 e. The van der Waals surface area contributed by atoms with Crippen LogP contribution in [-0.4, -0.2) is 15.9 Å². The third-order valence-corrected chi connectivity index (χ3v) is 4.26. The molecule has 23 heavy (non-hydrogen) atoms. The fraction of sp³-hybridized carbons (Fsp3) is 0.0500. The average molecular weight is 300 g/mol. The lowest BCUT2D eigenvalue weighted by molar-refractivity contribution is 0.319. The van der Waals surface area contributed by atoms with Gasteiger partial charge in [-0.05, 0) is 35.4 Å². The SMILES string of the molecule is CC(=NO)c1c(-c2ccc3ccccc3c2)[nH]c2ccccc12. The van der Waals surface area contributed by atoms with Gasteiger partial charge in [0.05, 0.1) is 11.4 Å². The zero-order chi connectivity index (χ0) is 15.8. The van der Waals surface area contributed by atoms with Crippen molar-refractivity contribution in [3.05, 3.63) is 72.3 Å². The van der Waals surface area contributed by atoms with E-state index in [1.54, 1.807) is 0 Å². The Morgan fingerprint density at radius 1 is 0.913 bits per heavy atom. The lowest BCUT2D eigenvalue weighted by atomic mass is 9.99. The highest BCUT2D eigenvalue weighted by Gasteiger charge is 2.15. The first kappa shape index (κ1) is 13.6. The predicted molar refractivity (Wildman–Crippen MR) is 95.2 cm³/mol. The van der Waals surface area contributed by atoms with Gasteiger partial charge in [-0.15, -0.1) is 0 Å². The lowest BCUT2D eigenvalue weighted by Crippen LogP contribution is -1.96. The molecule has 3 aromatic carbocycles. The maximum atomic E-state index is 9.28. The summed E-state index contributed by atoms with van der Waals surface area (Å²) in [5, 5.41) is 16.2. The molecule has 0 atom stereocenters. The van der Waals surface area contributed by atoms with Gasteiger partial charge in [0.25, 0.3) is 0 Å². The summed E-state index contributed by atoms with van der Waals surface area (Å²) in [4.78, 5) is 3.47. The van der Waals surface area contributed by atoms with Gasteiger partial charge < -0.3 is 10.2 Å². The van der Waals surface area contributed by atoms with Crippen LogP contribution in [0.1, 0.15) is 12.5 Å². The summed E-state index contributed by atoms with van der Waals surface area (Å²) >= 11 is 0. The summed E-state index contributed by atoms with van der Waals surface area (Å²) in [6, 6.07) is 22.7. The van der Waals surface area contributed by atoms with E-state index >= 15 is 0 Å². The third-order valence-electron chi connectivity index (χ3n) is 4.26. The van der Waals surface area contributed by atoms with Gasteiger partial charge in [-0.25, -0.2) is 0 Å². The topological polar surface area (TPSA) is 48.4 Å². The van der Waals surface area contributed by atoms with Gasteiger partial charge in [0.2, 0.25) is 0 Å². The van der Waals surface area contributed by atoms with E-state index in [1.165, 1.54) is 10.8 Å². The summed E-state index contributed by atoms with van der Waals surface area (Å²) in [5.74, 6) is 0. The van der Waals surface area contributed by atoms with E-state index in [0.717, 1.165) is 27.7 Å². The molecule has 0 aliphatic heterocycles. The van der Waals surface area contributed by atoms with Crippen molar-refractivity contribution in [1.82, 2.24) is 4.98 Å². The van der Waals surface area contributed by atoms with E-state index in [2.05, 4.69) is 40.5 Å². The molecule has 3 nitrogen and oxygen atoms in total. The molecule has 1 aromatic heterocycles. The van der Waals surface area contributed by atoms with Crippen LogP contribution in [0.3, 0.4) is 0 Å². The molecule has 0 saturated carbocycles. The first-order valence-electron chi connectivity index (χ1n) is 7.57. The Morgan fingerprint density at radius 2 is 1.65 bits per heavy atom. The van der Waals surface area contributed by atoms with E-state index in [0.29, 0.717) is 5.71 Å². The molecule has 0 aliphatic carbocycles. The van der Waals surface area contributed by atoms with E-state index in [4.69, 9.17) is 0 Å². The molecule has 0 spiro atoms. The lowest BCUT2D eigenvalue weighted by Gasteiger charge is -2.06. The molecule has 4 rings (SSSR count). The van der Waals surface area contributed by atoms with Crippen molar-refractivity contribution in [2.24, 2.45) is 5.16 Å². The van der Waals surface area contributed by atoms with Crippen LogP contribution >= 0.6 is 0 Å². The van der Waals surface area contributed by atoms with Crippen LogP contribution in [-0.2, 0) is 0 Å². The van der Waals surface area contributed by atoms with Gasteiger partial charge in [-0.1, -0.05) is 59.8 Å². The van der Waals surface area contributed by atoms with E-state index in [-0.39, 0.29) is 0 Å². The molecule has 0 aliphatic rings. The second kappa shape index (κ2) is 5.29. The smallest absolute Gasteiger partial charge is 0.0864 e. The van der Waals surface area contributed by atoms with E-state index < -0.39 is 0 Å². The van der Waals surface area contributed by atoms with Crippen molar-refractivity contribution in [2.45, 2.75) is 6.92 Å². The van der Waals surface area contributed by atoms with Crippen LogP contribution in [0.2, 0.25) is 0 Å². The number of aromatic amines is 1. The molecule has 4 aromatic rings. The molecule has 3 heteroatoms. The van der Waals surface area contributed by atoms with E-state index in [1.807, 2.05) is 43.3 Å². The molecule has 0 bridgehead atoms. The minimum Gasteiger partial charge on any atom is -0.411 e. The van der Waals surface area contributed by atoms with Gasteiger partial charge in [0, 0.05) is 16.5 Å².